The summed E-state index contributed by atoms with van der Waals surface area (Å²) in [7, 11) is 1.91. The van der Waals surface area contributed by atoms with E-state index >= 15 is 0 Å². The van der Waals surface area contributed by atoms with Crippen molar-refractivity contribution in [3.63, 3.8) is 0 Å². The monoisotopic (exact) mass is 548 g/mol. The Labute approximate surface area is 237 Å². The molecule has 0 spiro atoms. The number of benzene rings is 3. The molecule has 4 rings (SSSR count). The maximum Gasteiger partial charge on any atom is 0.251 e. The number of hydrogen-bond donors (Lipinski definition) is 2. The second-order valence-corrected chi connectivity index (χ2v) is 11.0. The van der Waals surface area contributed by atoms with Crippen molar-refractivity contribution in [1.82, 2.24) is 20.4 Å². The van der Waals surface area contributed by atoms with Gasteiger partial charge in [0.05, 0.1) is 6.04 Å². The van der Waals surface area contributed by atoms with Gasteiger partial charge in [-0.15, -0.1) is 0 Å². The van der Waals surface area contributed by atoms with E-state index in [1.807, 2.05) is 54.4 Å². The van der Waals surface area contributed by atoms with Crippen molar-refractivity contribution in [2.75, 3.05) is 46.3 Å². The molecule has 1 aliphatic rings. The molecule has 0 radical (unpaired) electrons. The molecule has 208 valence electrons. The number of nitrogens with one attached hydrogen (secondary N) is 2. The highest BCUT2D eigenvalue weighted by molar-refractivity contribution is 6.31. The van der Waals surface area contributed by atoms with Crippen molar-refractivity contribution in [3.8, 4) is 0 Å². The van der Waals surface area contributed by atoms with Crippen LogP contribution in [-0.2, 0) is 4.79 Å². The molecule has 0 saturated carbocycles. The van der Waals surface area contributed by atoms with Crippen LogP contribution in [0.15, 0.2) is 66.7 Å². The van der Waals surface area contributed by atoms with E-state index in [0.29, 0.717) is 42.7 Å². The number of fused-ring (bicyclic) bond motifs is 1. The highest BCUT2D eigenvalue weighted by Crippen LogP contribution is 2.22. The minimum Gasteiger partial charge on any atom is -0.351 e. The van der Waals surface area contributed by atoms with Gasteiger partial charge in [0.25, 0.3) is 5.91 Å². The first-order chi connectivity index (χ1) is 18.9. The van der Waals surface area contributed by atoms with E-state index in [-0.39, 0.29) is 17.9 Å². The number of amides is 2. The summed E-state index contributed by atoms with van der Waals surface area (Å²) in [6, 6.07) is 21.4. The second kappa shape index (κ2) is 14.5. The molecule has 2 amide bonds. The first-order valence-corrected chi connectivity index (χ1v) is 14.6. The van der Waals surface area contributed by atoms with Crippen LogP contribution in [0.4, 0.5) is 0 Å². The number of hydrogen-bond acceptors (Lipinski definition) is 4. The van der Waals surface area contributed by atoms with Crippen LogP contribution < -0.4 is 10.6 Å². The van der Waals surface area contributed by atoms with Crippen molar-refractivity contribution in [2.45, 2.75) is 44.6 Å². The van der Waals surface area contributed by atoms with Gasteiger partial charge in [0.2, 0.25) is 5.91 Å². The summed E-state index contributed by atoms with van der Waals surface area (Å²) in [5, 5.41) is 9.11. The Morgan fingerprint density at radius 1 is 0.949 bits per heavy atom. The number of likely N-dealkylation sites (N-methyl/N-ethyl adjacent to an activating group) is 1. The zero-order valence-corrected chi connectivity index (χ0v) is 23.9. The van der Waals surface area contributed by atoms with Crippen LogP contribution in [0.25, 0.3) is 10.8 Å². The van der Waals surface area contributed by atoms with Gasteiger partial charge < -0.3 is 20.4 Å². The molecule has 1 aliphatic heterocycles. The minimum atomic E-state index is -0.316. The van der Waals surface area contributed by atoms with E-state index in [1.165, 1.54) is 24.8 Å². The van der Waals surface area contributed by atoms with Crippen molar-refractivity contribution in [3.05, 3.63) is 82.9 Å². The average molecular weight is 549 g/mol. The smallest absolute Gasteiger partial charge is 0.251 e. The Balaban J connectivity index is 1.34. The van der Waals surface area contributed by atoms with E-state index in [1.54, 1.807) is 0 Å². The highest BCUT2D eigenvalue weighted by atomic mass is 35.5. The second-order valence-electron chi connectivity index (χ2n) is 10.6. The number of likely N-dealkylation sites (tertiary alicyclic amines) is 1. The molecular formula is C32H41ClN4O2. The van der Waals surface area contributed by atoms with Gasteiger partial charge in [-0.25, -0.2) is 0 Å². The van der Waals surface area contributed by atoms with Crippen LogP contribution in [0.3, 0.4) is 0 Å². The lowest BCUT2D eigenvalue weighted by atomic mass is 9.96. The fourth-order valence-corrected chi connectivity index (χ4v) is 5.57. The van der Waals surface area contributed by atoms with E-state index in [4.69, 9.17) is 11.6 Å². The number of piperidine rings is 1. The van der Waals surface area contributed by atoms with Gasteiger partial charge in [0.1, 0.15) is 0 Å². The summed E-state index contributed by atoms with van der Waals surface area (Å²) in [4.78, 5) is 30.7. The molecule has 39 heavy (non-hydrogen) atoms. The maximum absolute atomic E-state index is 13.6. The summed E-state index contributed by atoms with van der Waals surface area (Å²) in [6.45, 7) is 6.55. The fourth-order valence-electron chi connectivity index (χ4n) is 5.39. The molecule has 6 nitrogen and oxygen atoms in total. The van der Waals surface area contributed by atoms with Gasteiger partial charge in [-0.05, 0) is 73.0 Å². The molecular weight excluding hydrogens is 508 g/mol. The molecule has 0 bridgehead atoms. The van der Waals surface area contributed by atoms with E-state index in [9.17, 15) is 9.59 Å². The molecule has 1 heterocycles. The Bertz CT molecular complexity index is 1230. The summed E-state index contributed by atoms with van der Waals surface area (Å²) in [6.07, 6.45) is 4.58. The van der Waals surface area contributed by atoms with Gasteiger partial charge in [0, 0.05) is 49.7 Å². The Morgan fingerprint density at radius 2 is 1.67 bits per heavy atom. The van der Waals surface area contributed by atoms with E-state index < -0.39 is 0 Å². The lowest BCUT2D eigenvalue weighted by Gasteiger charge is -2.33. The number of nitrogens with zero attached hydrogens (tertiary/aromatic N) is 2. The van der Waals surface area contributed by atoms with Gasteiger partial charge in [-0.3, -0.25) is 9.59 Å². The van der Waals surface area contributed by atoms with Gasteiger partial charge in [-0.2, -0.15) is 0 Å². The van der Waals surface area contributed by atoms with Crippen molar-refractivity contribution >= 4 is 34.2 Å². The average Bonchev–Trinajstić information content (AvgIpc) is 2.97. The van der Waals surface area contributed by atoms with Crippen molar-refractivity contribution < 1.29 is 9.59 Å². The van der Waals surface area contributed by atoms with Crippen LogP contribution in [0, 0.1) is 0 Å². The predicted molar refractivity (Wildman–Crippen MR) is 160 cm³/mol. The van der Waals surface area contributed by atoms with Crippen LogP contribution in [0.5, 0.6) is 0 Å². The standard InChI is InChI=1S/C32H41ClN4O2/c1-3-24(25-10-6-4-7-11-25)22-36(2)32(39)30(23-37-18-8-5-9-19-37)34-16-17-35-31(38)28-13-12-27-21-29(33)15-14-26(27)20-28/h4,6-7,10-15,20-21,24,30,34H,3,5,8-9,16-19,22-23H2,1-2H3,(H,35,38)/t24-,30+/m1/s1. The Morgan fingerprint density at radius 3 is 2.41 bits per heavy atom. The summed E-state index contributed by atoms with van der Waals surface area (Å²) < 4.78 is 0. The van der Waals surface area contributed by atoms with Crippen LogP contribution in [0.2, 0.25) is 5.02 Å². The maximum atomic E-state index is 13.6. The topological polar surface area (TPSA) is 64.7 Å². The molecule has 3 aromatic rings. The molecule has 2 atom stereocenters. The molecule has 0 aliphatic carbocycles. The zero-order chi connectivity index (χ0) is 27.6. The molecule has 3 aromatic carbocycles. The zero-order valence-electron chi connectivity index (χ0n) is 23.2. The number of carbonyl (C=O) groups excluding carboxylic acids is 2. The highest BCUT2D eigenvalue weighted by Gasteiger charge is 2.26. The molecule has 7 heteroatoms. The first-order valence-electron chi connectivity index (χ1n) is 14.2. The third-order valence-corrected chi connectivity index (χ3v) is 7.92. The fraction of sp³-hybridized carbons (Fsp3) is 0.438. The van der Waals surface area contributed by atoms with Crippen molar-refractivity contribution in [2.24, 2.45) is 0 Å². The molecule has 2 N–H and O–H groups in total. The molecule has 1 saturated heterocycles. The van der Waals surface area contributed by atoms with Crippen molar-refractivity contribution in [1.29, 1.82) is 0 Å². The normalized spacial score (nSPS) is 15.6. The molecule has 0 unspecified atom stereocenters. The first kappa shape index (κ1) is 29.1. The van der Waals surface area contributed by atoms with Crippen LogP contribution in [-0.4, -0.2) is 74.0 Å². The lowest BCUT2D eigenvalue weighted by Crippen LogP contribution is -2.53. The quantitative estimate of drug-likeness (QED) is 0.301. The Hall–Kier alpha value is -2.93. The largest absolute Gasteiger partial charge is 0.351 e. The summed E-state index contributed by atoms with van der Waals surface area (Å²) in [5.41, 5.74) is 1.87. The predicted octanol–water partition coefficient (Wildman–Crippen LogP) is 5.32. The van der Waals surface area contributed by atoms with E-state index in [2.05, 4.69) is 46.7 Å². The minimum absolute atomic E-state index is 0.106. The molecule has 0 aromatic heterocycles. The number of carbonyl (C=O) groups is 2. The molecule has 1 fully saturated rings. The number of rotatable bonds is 12. The van der Waals surface area contributed by atoms with Crippen LogP contribution in [0.1, 0.15) is 54.4 Å². The third-order valence-electron chi connectivity index (χ3n) is 7.69. The Kier molecular flexibility index (Phi) is 10.8. The van der Waals surface area contributed by atoms with Gasteiger partial charge in [0.15, 0.2) is 0 Å². The lowest BCUT2D eigenvalue weighted by molar-refractivity contribution is -0.133. The van der Waals surface area contributed by atoms with Crippen LogP contribution >= 0.6 is 11.6 Å². The summed E-state index contributed by atoms with van der Waals surface area (Å²) >= 11 is 6.08. The third kappa shape index (κ3) is 8.28. The van der Waals surface area contributed by atoms with Gasteiger partial charge in [-0.1, -0.05) is 67.4 Å². The van der Waals surface area contributed by atoms with E-state index in [0.717, 1.165) is 30.3 Å². The SMILES string of the molecule is CC[C@H](CN(C)C(=O)[C@H](CN1CCCCC1)NCCNC(=O)c1ccc2cc(Cl)ccc2c1)c1ccccc1. The number of halogens is 1. The van der Waals surface area contributed by atoms with Gasteiger partial charge >= 0.3 is 0 Å². The summed E-state index contributed by atoms with van der Waals surface area (Å²) in [5.74, 6) is 0.279.